The smallest absolute Gasteiger partial charge is 0.176 e. The second-order valence-corrected chi connectivity index (χ2v) is 5.95. The van der Waals surface area contributed by atoms with E-state index in [2.05, 4.69) is 25.7 Å². The van der Waals surface area contributed by atoms with Crippen molar-refractivity contribution in [3.05, 3.63) is 28.8 Å². The Kier molecular flexibility index (Phi) is 7.76. The quantitative estimate of drug-likeness (QED) is 0.499. The van der Waals surface area contributed by atoms with Crippen LogP contribution in [0.25, 0.3) is 0 Å². The molecule has 0 heterocycles. The van der Waals surface area contributed by atoms with Gasteiger partial charge in [0.15, 0.2) is 5.78 Å². The highest BCUT2D eigenvalue weighted by Gasteiger charge is 2.16. The van der Waals surface area contributed by atoms with E-state index >= 15 is 0 Å². The summed E-state index contributed by atoms with van der Waals surface area (Å²) in [6.45, 7) is 7.83. The predicted molar refractivity (Wildman–Crippen MR) is 88.6 cm³/mol. The molecule has 4 heteroatoms. The molecule has 118 valence electrons. The molecule has 1 aromatic rings. The van der Waals surface area contributed by atoms with Crippen molar-refractivity contribution in [3.8, 4) is 5.75 Å². The van der Waals surface area contributed by atoms with E-state index in [9.17, 15) is 4.79 Å². The van der Waals surface area contributed by atoms with Crippen molar-refractivity contribution >= 4 is 17.4 Å². The van der Waals surface area contributed by atoms with Crippen LogP contribution in [0.2, 0.25) is 5.02 Å². The summed E-state index contributed by atoms with van der Waals surface area (Å²) in [6, 6.07) is 5.57. The van der Waals surface area contributed by atoms with Gasteiger partial charge < -0.3 is 4.74 Å². The van der Waals surface area contributed by atoms with E-state index in [0.29, 0.717) is 28.9 Å². The van der Waals surface area contributed by atoms with Crippen molar-refractivity contribution in [2.75, 3.05) is 20.2 Å². The molecule has 21 heavy (non-hydrogen) atoms. The number of ether oxygens (including phenoxy) is 1. The third-order valence-corrected chi connectivity index (χ3v) is 3.90. The van der Waals surface area contributed by atoms with E-state index in [4.69, 9.17) is 16.3 Å². The van der Waals surface area contributed by atoms with Gasteiger partial charge in [0.1, 0.15) is 5.75 Å². The summed E-state index contributed by atoms with van der Waals surface area (Å²) < 4.78 is 5.11. The third-order valence-electron chi connectivity index (χ3n) is 3.60. The van der Waals surface area contributed by atoms with Gasteiger partial charge in [-0.3, -0.25) is 9.69 Å². The summed E-state index contributed by atoms with van der Waals surface area (Å²) in [5.74, 6) is 0.696. The van der Waals surface area contributed by atoms with E-state index in [1.165, 1.54) is 12.8 Å². The van der Waals surface area contributed by atoms with E-state index in [1.807, 2.05) is 0 Å². The van der Waals surface area contributed by atoms with E-state index in [1.54, 1.807) is 25.3 Å². The molecule has 0 unspecified atom stereocenters. The Balaban J connectivity index is 2.70. The molecule has 0 fully saturated rings. The summed E-state index contributed by atoms with van der Waals surface area (Å²) in [4.78, 5) is 14.6. The molecule has 0 saturated heterocycles. The highest BCUT2D eigenvalue weighted by molar-refractivity contribution is 6.32. The van der Waals surface area contributed by atoms with Gasteiger partial charge in [-0.2, -0.15) is 0 Å². The van der Waals surface area contributed by atoms with Crippen LogP contribution in [0.5, 0.6) is 5.75 Å². The summed E-state index contributed by atoms with van der Waals surface area (Å²) in [7, 11) is 1.57. The third kappa shape index (κ3) is 5.68. The molecule has 1 aromatic carbocycles. The first-order valence-electron chi connectivity index (χ1n) is 7.60. The Morgan fingerprint density at radius 1 is 1.33 bits per heavy atom. The molecular formula is C17H26ClNO2. The summed E-state index contributed by atoms with van der Waals surface area (Å²) in [6.07, 6.45) is 3.52. The van der Waals surface area contributed by atoms with Crippen LogP contribution in [0, 0.1) is 0 Å². The van der Waals surface area contributed by atoms with Crippen LogP contribution in [0.1, 0.15) is 50.4 Å². The first-order valence-corrected chi connectivity index (χ1v) is 7.98. The highest BCUT2D eigenvalue weighted by atomic mass is 35.5. The molecule has 0 bridgehead atoms. The maximum absolute atomic E-state index is 12.4. The van der Waals surface area contributed by atoms with Gasteiger partial charge in [-0.1, -0.05) is 31.4 Å². The fourth-order valence-electron chi connectivity index (χ4n) is 2.20. The molecule has 0 spiro atoms. The number of halogens is 1. The van der Waals surface area contributed by atoms with Crippen LogP contribution in [0.4, 0.5) is 0 Å². The number of unbranched alkanes of at least 4 members (excludes halogenated alkanes) is 2. The van der Waals surface area contributed by atoms with Gasteiger partial charge in [0.25, 0.3) is 0 Å². The fourth-order valence-corrected chi connectivity index (χ4v) is 2.46. The van der Waals surface area contributed by atoms with E-state index in [-0.39, 0.29) is 5.78 Å². The number of ketones is 1. The minimum atomic E-state index is 0.102. The average molecular weight is 312 g/mol. The molecular weight excluding hydrogens is 286 g/mol. The van der Waals surface area contributed by atoms with Crippen molar-refractivity contribution in [2.24, 2.45) is 0 Å². The Bertz CT molecular complexity index is 460. The Morgan fingerprint density at radius 3 is 2.57 bits per heavy atom. The molecule has 0 amide bonds. The number of Topliss-reactive ketones (excluding diaryl/α,β-unsaturated/α-hetero) is 1. The minimum absolute atomic E-state index is 0.102. The maximum Gasteiger partial charge on any atom is 0.176 e. The Labute approximate surface area is 133 Å². The Hall–Kier alpha value is -1.06. The molecule has 0 aliphatic heterocycles. The van der Waals surface area contributed by atoms with Crippen LogP contribution in [0.15, 0.2) is 18.2 Å². The second-order valence-electron chi connectivity index (χ2n) is 5.54. The molecule has 0 aliphatic carbocycles. The van der Waals surface area contributed by atoms with Gasteiger partial charge in [0.2, 0.25) is 0 Å². The van der Waals surface area contributed by atoms with Crippen molar-refractivity contribution < 1.29 is 9.53 Å². The van der Waals surface area contributed by atoms with Crippen LogP contribution < -0.4 is 4.74 Å². The molecule has 0 aliphatic rings. The van der Waals surface area contributed by atoms with E-state index in [0.717, 1.165) is 13.0 Å². The number of nitrogens with zero attached hydrogens (tertiary/aromatic N) is 1. The number of carbonyl (C=O) groups is 1. The number of methoxy groups -OCH3 is 1. The molecule has 0 radical (unpaired) electrons. The van der Waals surface area contributed by atoms with Crippen LogP contribution >= 0.6 is 11.6 Å². The molecule has 0 aromatic heterocycles. The van der Waals surface area contributed by atoms with Gasteiger partial charge in [0.05, 0.1) is 18.7 Å². The molecule has 3 nitrogen and oxygen atoms in total. The number of benzene rings is 1. The largest absolute Gasteiger partial charge is 0.495 e. The summed E-state index contributed by atoms with van der Waals surface area (Å²) in [5.41, 5.74) is 0.641. The van der Waals surface area contributed by atoms with Gasteiger partial charge >= 0.3 is 0 Å². The van der Waals surface area contributed by atoms with Crippen molar-refractivity contribution in [1.29, 1.82) is 0 Å². The molecule has 0 atom stereocenters. The number of hydrogen-bond acceptors (Lipinski definition) is 3. The summed E-state index contributed by atoms with van der Waals surface area (Å²) in [5, 5.41) is 0.477. The summed E-state index contributed by atoms with van der Waals surface area (Å²) >= 11 is 6.08. The fraction of sp³-hybridized carbons (Fsp3) is 0.588. The zero-order valence-corrected chi connectivity index (χ0v) is 14.2. The Morgan fingerprint density at radius 2 is 2.05 bits per heavy atom. The number of hydrogen-bond donors (Lipinski definition) is 0. The standard InChI is InChI=1S/C17H26ClNO2/c1-5-6-7-10-19(13(2)3)12-16(20)14-8-9-17(21-4)15(18)11-14/h8-9,11,13H,5-7,10,12H2,1-4H3. The van der Waals surface area contributed by atoms with Crippen molar-refractivity contribution in [2.45, 2.75) is 46.1 Å². The molecule has 0 saturated carbocycles. The van der Waals surface area contributed by atoms with E-state index < -0.39 is 0 Å². The molecule has 1 rings (SSSR count). The van der Waals surface area contributed by atoms with Crippen molar-refractivity contribution in [3.63, 3.8) is 0 Å². The lowest BCUT2D eigenvalue weighted by Gasteiger charge is -2.25. The minimum Gasteiger partial charge on any atom is -0.495 e. The number of rotatable bonds is 9. The molecule has 0 N–H and O–H groups in total. The lowest BCUT2D eigenvalue weighted by Crippen LogP contribution is -2.36. The van der Waals surface area contributed by atoms with Gasteiger partial charge in [-0.05, 0) is 45.0 Å². The van der Waals surface area contributed by atoms with Gasteiger partial charge in [-0.25, -0.2) is 0 Å². The first kappa shape index (κ1) is 18.0. The number of carbonyl (C=O) groups excluding carboxylic acids is 1. The van der Waals surface area contributed by atoms with Gasteiger partial charge in [0, 0.05) is 11.6 Å². The first-order chi connectivity index (χ1) is 9.99. The normalized spacial score (nSPS) is 11.2. The lowest BCUT2D eigenvalue weighted by molar-refractivity contribution is 0.0904. The van der Waals surface area contributed by atoms with Crippen LogP contribution in [0.3, 0.4) is 0 Å². The maximum atomic E-state index is 12.4. The SMILES string of the molecule is CCCCCN(CC(=O)c1ccc(OC)c(Cl)c1)C(C)C. The topological polar surface area (TPSA) is 29.5 Å². The van der Waals surface area contributed by atoms with Crippen LogP contribution in [-0.4, -0.2) is 36.9 Å². The second kappa shape index (κ2) is 9.06. The van der Waals surface area contributed by atoms with Crippen LogP contribution in [-0.2, 0) is 0 Å². The zero-order chi connectivity index (χ0) is 15.8. The monoisotopic (exact) mass is 311 g/mol. The zero-order valence-electron chi connectivity index (χ0n) is 13.5. The van der Waals surface area contributed by atoms with Gasteiger partial charge in [-0.15, -0.1) is 0 Å². The highest BCUT2D eigenvalue weighted by Crippen LogP contribution is 2.25. The lowest BCUT2D eigenvalue weighted by atomic mass is 10.1. The predicted octanol–water partition coefficient (Wildman–Crippen LogP) is 4.43. The average Bonchev–Trinajstić information content (AvgIpc) is 2.45. The van der Waals surface area contributed by atoms with Crippen molar-refractivity contribution in [1.82, 2.24) is 4.90 Å².